The summed E-state index contributed by atoms with van der Waals surface area (Å²) in [6.07, 6.45) is 3.58. The highest BCUT2D eigenvalue weighted by Crippen LogP contribution is 2.28. The van der Waals surface area contributed by atoms with Gasteiger partial charge >= 0.3 is 0 Å². The first-order valence-electron chi connectivity index (χ1n) is 8.01. The van der Waals surface area contributed by atoms with Crippen molar-refractivity contribution in [1.82, 2.24) is 14.8 Å². The number of carbonyl (C=O) groups excluding carboxylic acids is 1. The van der Waals surface area contributed by atoms with Gasteiger partial charge in [0, 0.05) is 20.6 Å². The molecule has 0 N–H and O–H groups in total. The molecule has 6 heteroatoms. The second-order valence-electron chi connectivity index (χ2n) is 6.04. The van der Waals surface area contributed by atoms with Crippen LogP contribution in [0.1, 0.15) is 12.8 Å². The molecule has 0 saturated heterocycles. The third kappa shape index (κ3) is 5.32. The predicted molar refractivity (Wildman–Crippen MR) is 99.7 cm³/mol. The normalized spacial score (nSPS) is 12.3. The summed E-state index contributed by atoms with van der Waals surface area (Å²) in [6, 6.07) is 8.00. The molecule has 5 nitrogen and oxygen atoms in total. The van der Waals surface area contributed by atoms with Gasteiger partial charge in [-0.1, -0.05) is 29.5 Å². The van der Waals surface area contributed by atoms with Crippen molar-refractivity contribution < 1.29 is 9.53 Å². The highest BCUT2D eigenvalue weighted by Gasteiger charge is 2.17. The summed E-state index contributed by atoms with van der Waals surface area (Å²) in [6.45, 7) is 4.83. The average molecular weight is 347 g/mol. The van der Waals surface area contributed by atoms with Gasteiger partial charge in [-0.25, -0.2) is 4.98 Å². The Kier molecular flexibility index (Phi) is 6.75. The number of amides is 1. The molecule has 2 aromatic rings. The molecule has 0 aliphatic carbocycles. The number of carbonyl (C=O) groups is 1. The smallest absolute Gasteiger partial charge is 0.274 e. The highest BCUT2D eigenvalue weighted by atomic mass is 32.1. The largest absolute Gasteiger partial charge is 0.465 e. The molecule has 0 saturated carbocycles. The molecule has 0 aliphatic rings. The van der Waals surface area contributed by atoms with Crippen LogP contribution in [0.4, 0.5) is 0 Å². The van der Waals surface area contributed by atoms with Crippen LogP contribution in [0, 0.1) is 0 Å². The first-order valence-corrected chi connectivity index (χ1v) is 8.83. The lowest BCUT2D eigenvalue weighted by atomic mass is 10.2. The van der Waals surface area contributed by atoms with Crippen molar-refractivity contribution in [2.45, 2.75) is 18.9 Å². The summed E-state index contributed by atoms with van der Waals surface area (Å²) < 4.78 is 7.22. The van der Waals surface area contributed by atoms with Gasteiger partial charge in [0.15, 0.2) is 0 Å². The zero-order valence-electron chi connectivity index (χ0n) is 14.6. The van der Waals surface area contributed by atoms with Gasteiger partial charge in [0.1, 0.15) is 6.10 Å². The fourth-order valence-corrected chi connectivity index (χ4v) is 3.20. The summed E-state index contributed by atoms with van der Waals surface area (Å²) in [7, 11) is 5.47. The van der Waals surface area contributed by atoms with Crippen molar-refractivity contribution in [3.8, 4) is 5.19 Å². The Hall–Kier alpha value is -1.92. The molecule has 0 unspecified atom stereocenters. The minimum atomic E-state index is -0.0245. The van der Waals surface area contributed by atoms with Crippen LogP contribution in [-0.4, -0.2) is 61.0 Å². The lowest BCUT2D eigenvalue weighted by Crippen LogP contribution is -2.39. The van der Waals surface area contributed by atoms with E-state index in [1.54, 1.807) is 30.3 Å². The maximum Gasteiger partial charge on any atom is 0.274 e. The van der Waals surface area contributed by atoms with Crippen LogP contribution in [0.25, 0.3) is 10.2 Å². The van der Waals surface area contributed by atoms with E-state index in [-0.39, 0.29) is 12.0 Å². The maximum atomic E-state index is 11.8. The molecule has 0 fully saturated rings. The molecule has 1 heterocycles. The molecule has 0 bridgehead atoms. The van der Waals surface area contributed by atoms with Crippen molar-refractivity contribution in [2.24, 2.45) is 0 Å². The quantitative estimate of drug-likeness (QED) is 0.654. The monoisotopic (exact) mass is 347 g/mol. The third-order valence-electron chi connectivity index (χ3n) is 3.65. The van der Waals surface area contributed by atoms with Gasteiger partial charge in [-0.15, -0.1) is 6.58 Å². The van der Waals surface area contributed by atoms with Crippen molar-refractivity contribution in [1.29, 1.82) is 0 Å². The number of aromatic nitrogens is 1. The van der Waals surface area contributed by atoms with E-state index in [4.69, 9.17) is 4.74 Å². The van der Waals surface area contributed by atoms with Gasteiger partial charge < -0.3 is 9.64 Å². The number of allylic oxidation sites excluding steroid dienone is 1. The topological polar surface area (TPSA) is 45.7 Å². The van der Waals surface area contributed by atoms with E-state index in [0.29, 0.717) is 18.3 Å². The van der Waals surface area contributed by atoms with Crippen molar-refractivity contribution in [3.63, 3.8) is 0 Å². The Balaban J connectivity index is 2.01. The first-order chi connectivity index (χ1) is 11.5. The number of benzene rings is 1. The second kappa shape index (κ2) is 8.80. The molecule has 2 rings (SSSR count). The Bertz CT molecular complexity index is 651. The highest BCUT2D eigenvalue weighted by molar-refractivity contribution is 7.20. The number of nitrogens with zero attached hydrogens (tertiary/aromatic N) is 3. The van der Waals surface area contributed by atoms with Crippen molar-refractivity contribution in [2.75, 3.05) is 34.2 Å². The van der Waals surface area contributed by atoms with Gasteiger partial charge in [0.05, 0.1) is 16.8 Å². The van der Waals surface area contributed by atoms with E-state index in [1.165, 1.54) is 0 Å². The molecule has 1 atom stereocenters. The van der Waals surface area contributed by atoms with E-state index >= 15 is 0 Å². The Labute approximate surface area is 147 Å². The van der Waals surface area contributed by atoms with Crippen LogP contribution in [0.3, 0.4) is 0 Å². The van der Waals surface area contributed by atoms with Crippen LogP contribution in [0.15, 0.2) is 36.9 Å². The van der Waals surface area contributed by atoms with E-state index in [9.17, 15) is 4.79 Å². The van der Waals surface area contributed by atoms with E-state index in [2.05, 4.69) is 11.6 Å². The van der Waals surface area contributed by atoms with E-state index in [1.807, 2.05) is 42.3 Å². The number of hydrogen-bond donors (Lipinski definition) is 0. The lowest BCUT2D eigenvalue weighted by molar-refractivity contribution is -0.129. The van der Waals surface area contributed by atoms with E-state index < -0.39 is 0 Å². The third-order valence-corrected chi connectivity index (χ3v) is 4.58. The van der Waals surface area contributed by atoms with Gasteiger partial charge in [0.25, 0.3) is 5.19 Å². The Morgan fingerprint density at radius 1 is 1.38 bits per heavy atom. The summed E-state index contributed by atoms with van der Waals surface area (Å²) >= 11 is 1.55. The number of ether oxygens (including phenoxy) is 1. The number of para-hydroxylation sites is 1. The first kappa shape index (κ1) is 18.4. The van der Waals surface area contributed by atoms with Crippen LogP contribution < -0.4 is 4.74 Å². The summed E-state index contributed by atoms with van der Waals surface area (Å²) in [4.78, 5) is 20.0. The molecule has 0 aliphatic heterocycles. The van der Waals surface area contributed by atoms with Crippen molar-refractivity contribution >= 4 is 27.5 Å². The predicted octanol–water partition coefficient (Wildman–Crippen LogP) is 3.03. The SMILES string of the molecule is C=CCC[C@@H](CN(C)CC(=O)N(C)C)Oc1nc2ccccc2s1. The van der Waals surface area contributed by atoms with Crippen LogP contribution in [-0.2, 0) is 4.79 Å². The lowest BCUT2D eigenvalue weighted by Gasteiger charge is -2.24. The van der Waals surface area contributed by atoms with Gasteiger partial charge in [0.2, 0.25) is 5.91 Å². The number of rotatable bonds is 9. The van der Waals surface area contributed by atoms with E-state index in [0.717, 1.165) is 23.1 Å². The van der Waals surface area contributed by atoms with Crippen LogP contribution in [0.5, 0.6) is 5.19 Å². The molecule has 0 radical (unpaired) electrons. The Morgan fingerprint density at radius 2 is 2.12 bits per heavy atom. The fourth-order valence-electron chi connectivity index (χ4n) is 2.32. The fraction of sp³-hybridized carbons (Fsp3) is 0.444. The summed E-state index contributed by atoms with van der Waals surface area (Å²) in [5.41, 5.74) is 0.955. The second-order valence-corrected chi connectivity index (χ2v) is 7.03. The van der Waals surface area contributed by atoms with Crippen LogP contribution in [0.2, 0.25) is 0 Å². The Morgan fingerprint density at radius 3 is 2.79 bits per heavy atom. The molecule has 130 valence electrons. The van der Waals surface area contributed by atoms with Crippen molar-refractivity contribution in [3.05, 3.63) is 36.9 Å². The zero-order chi connectivity index (χ0) is 17.5. The number of thiazole rings is 1. The average Bonchev–Trinajstić information content (AvgIpc) is 2.94. The minimum Gasteiger partial charge on any atom is -0.465 e. The maximum absolute atomic E-state index is 11.8. The van der Waals surface area contributed by atoms with Gasteiger partial charge in [-0.05, 0) is 32.0 Å². The number of hydrogen-bond acceptors (Lipinski definition) is 5. The minimum absolute atomic E-state index is 0.0245. The summed E-state index contributed by atoms with van der Waals surface area (Å²) in [5.74, 6) is 0.0833. The molecule has 1 aromatic carbocycles. The molecular weight excluding hydrogens is 322 g/mol. The van der Waals surface area contributed by atoms with Crippen LogP contribution >= 0.6 is 11.3 Å². The summed E-state index contributed by atoms with van der Waals surface area (Å²) in [5, 5.41) is 0.678. The van der Waals surface area contributed by atoms with Gasteiger partial charge in [-0.2, -0.15) is 0 Å². The number of fused-ring (bicyclic) bond motifs is 1. The zero-order valence-corrected chi connectivity index (χ0v) is 15.4. The van der Waals surface area contributed by atoms with Gasteiger partial charge in [-0.3, -0.25) is 9.69 Å². The molecule has 24 heavy (non-hydrogen) atoms. The number of likely N-dealkylation sites (N-methyl/N-ethyl adjacent to an activating group) is 2. The molecule has 1 aromatic heterocycles. The molecule has 1 amide bonds. The molecular formula is C18H25N3O2S. The molecule has 0 spiro atoms. The standard InChI is InChI=1S/C18H25N3O2S/c1-5-6-9-14(12-21(4)13-17(22)20(2)3)23-18-19-15-10-7-8-11-16(15)24-18/h5,7-8,10-11,14H,1,6,9,12-13H2,2-4H3/t14-/m0/s1.